The van der Waals surface area contributed by atoms with Gasteiger partial charge in [-0.1, -0.05) is 37.1 Å². The highest BCUT2D eigenvalue weighted by atomic mass is 19.1. The SMILES string of the molecule is C/C=C/CCC1CCC(C2CCC3CC(c4ccc(C)cc4F)CCC3C2)CC1. The minimum absolute atomic E-state index is 0.0355. The predicted octanol–water partition coefficient (Wildman–Crippen LogP) is 8.60. The van der Waals surface area contributed by atoms with E-state index in [4.69, 9.17) is 0 Å². The van der Waals surface area contributed by atoms with Crippen LogP contribution in [-0.4, -0.2) is 0 Å². The third-order valence-electron chi connectivity index (χ3n) is 8.78. The van der Waals surface area contributed by atoms with Crippen molar-refractivity contribution in [1.29, 1.82) is 0 Å². The fraction of sp³-hybridized carbons (Fsp3) is 0.714. The van der Waals surface area contributed by atoms with E-state index < -0.39 is 0 Å². The van der Waals surface area contributed by atoms with E-state index in [-0.39, 0.29) is 5.82 Å². The molecule has 0 aliphatic heterocycles. The van der Waals surface area contributed by atoms with Crippen LogP contribution in [0.4, 0.5) is 4.39 Å². The van der Waals surface area contributed by atoms with E-state index in [0.717, 1.165) is 40.7 Å². The van der Waals surface area contributed by atoms with Crippen molar-refractivity contribution in [3.8, 4) is 0 Å². The maximum Gasteiger partial charge on any atom is 0.126 e. The predicted molar refractivity (Wildman–Crippen MR) is 122 cm³/mol. The Morgan fingerprint density at radius 3 is 2.24 bits per heavy atom. The monoisotopic (exact) mass is 396 g/mol. The molecule has 0 heterocycles. The highest BCUT2D eigenvalue weighted by Crippen LogP contribution is 2.51. The first-order valence-electron chi connectivity index (χ1n) is 12.5. The van der Waals surface area contributed by atoms with Gasteiger partial charge in [-0.05, 0) is 131 Å². The van der Waals surface area contributed by atoms with Crippen molar-refractivity contribution in [2.75, 3.05) is 0 Å². The molecule has 1 aromatic carbocycles. The number of benzene rings is 1. The van der Waals surface area contributed by atoms with Crippen molar-refractivity contribution in [3.05, 3.63) is 47.3 Å². The van der Waals surface area contributed by atoms with Gasteiger partial charge in [-0.25, -0.2) is 4.39 Å². The molecular weight excluding hydrogens is 355 g/mol. The van der Waals surface area contributed by atoms with Crippen LogP contribution in [0.25, 0.3) is 0 Å². The zero-order valence-electron chi connectivity index (χ0n) is 18.7. The minimum Gasteiger partial charge on any atom is -0.207 e. The molecule has 4 atom stereocenters. The third kappa shape index (κ3) is 5.15. The summed E-state index contributed by atoms with van der Waals surface area (Å²) < 4.78 is 14.5. The van der Waals surface area contributed by atoms with E-state index >= 15 is 0 Å². The van der Waals surface area contributed by atoms with Crippen molar-refractivity contribution in [1.82, 2.24) is 0 Å². The average molecular weight is 397 g/mol. The lowest BCUT2D eigenvalue weighted by atomic mass is 9.60. The zero-order valence-corrected chi connectivity index (χ0v) is 18.7. The Hall–Kier alpha value is -1.11. The molecule has 0 nitrogen and oxygen atoms in total. The standard InChI is InChI=1S/C28H41F/c1-3-4-5-6-21-8-10-22(11-9-21)23-12-13-25-19-26(15-14-24(25)18-23)27-16-7-20(2)17-28(27)29/h3-4,7,16-17,21-26H,5-6,8-15,18-19H2,1-2H3/b4-3+. The van der Waals surface area contributed by atoms with Crippen molar-refractivity contribution in [2.24, 2.45) is 29.6 Å². The topological polar surface area (TPSA) is 0 Å². The number of allylic oxidation sites excluding steroid dienone is 2. The fourth-order valence-electron chi connectivity index (χ4n) is 7.05. The molecule has 0 spiro atoms. The number of rotatable bonds is 5. The Labute approximate surface area is 178 Å². The Bertz CT molecular complexity index is 682. The average Bonchev–Trinajstić information content (AvgIpc) is 2.74. The molecule has 0 bridgehead atoms. The molecule has 0 aromatic heterocycles. The van der Waals surface area contributed by atoms with E-state index in [0.29, 0.717) is 5.92 Å². The smallest absolute Gasteiger partial charge is 0.126 e. The Balaban J connectivity index is 1.27. The van der Waals surface area contributed by atoms with Crippen LogP contribution in [0.1, 0.15) is 101 Å². The largest absolute Gasteiger partial charge is 0.207 e. The van der Waals surface area contributed by atoms with Crippen LogP contribution in [0.3, 0.4) is 0 Å². The molecule has 0 N–H and O–H groups in total. The first-order valence-corrected chi connectivity index (χ1v) is 12.5. The van der Waals surface area contributed by atoms with E-state index in [9.17, 15) is 4.39 Å². The van der Waals surface area contributed by atoms with Gasteiger partial charge < -0.3 is 0 Å². The van der Waals surface area contributed by atoms with E-state index in [1.807, 2.05) is 6.92 Å². The highest BCUT2D eigenvalue weighted by Gasteiger charge is 2.39. The second-order valence-electron chi connectivity index (χ2n) is 10.6. The van der Waals surface area contributed by atoms with Gasteiger partial charge in [0.05, 0.1) is 0 Å². The number of aryl methyl sites for hydroxylation is 1. The summed E-state index contributed by atoms with van der Waals surface area (Å²) in [5.74, 6) is 5.24. The summed E-state index contributed by atoms with van der Waals surface area (Å²) in [4.78, 5) is 0. The fourth-order valence-corrected chi connectivity index (χ4v) is 7.05. The number of fused-ring (bicyclic) bond motifs is 1. The lowest BCUT2D eigenvalue weighted by Crippen LogP contribution is -2.34. The van der Waals surface area contributed by atoms with E-state index in [2.05, 4.69) is 31.2 Å². The van der Waals surface area contributed by atoms with Crippen molar-refractivity contribution >= 4 is 0 Å². The van der Waals surface area contributed by atoms with Crippen LogP contribution in [0.5, 0.6) is 0 Å². The quantitative estimate of drug-likeness (QED) is 0.437. The summed E-state index contributed by atoms with van der Waals surface area (Å²) in [6.07, 6.45) is 21.2. The first-order chi connectivity index (χ1) is 14.1. The number of hydrogen-bond donors (Lipinski definition) is 0. The second kappa shape index (κ2) is 9.80. The maximum atomic E-state index is 14.5. The molecule has 1 heteroatoms. The Kier molecular flexibility index (Phi) is 7.14. The van der Waals surface area contributed by atoms with Crippen molar-refractivity contribution < 1.29 is 4.39 Å². The molecule has 4 rings (SSSR count). The van der Waals surface area contributed by atoms with Crippen LogP contribution in [-0.2, 0) is 0 Å². The van der Waals surface area contributed by atoms with Crippen LogP contribution in [0, 0.1) is 42.3 Å². The molecular formula is C28H41F. The van der Waals surface area contributed by atoms with Crippen LogP contribution in [0.2, 0.25) is 0 Å². The maximum absolute atomic E-state index is 14.5. The molecule has 4 unspecified atom stereocenters. The third-order valence-corrected chi connectivity index (χ3v) is 8.78. The first kappa shape index (κ1) is 21.1. The summed E-state index contributed by atoms with van der Waals surface area (Å²) in [6, 6.07) is 5.89. The molecule has 160 valence electrons. The molecule has 0 radical (unpaired) electrons. The molecule has 3 fully saturated rings. The molecule has 0 saturated heterocycles. The summed E-state index contributed by atoms with van der Waals surface area (Å²) in [5.41, 5.74) is 2.03. The van der Waals surface area contributed by atoms with Crippen molar-refractivity contribution in [2.45, 2.75) is 96.8 Å². The van der Waals surface area contributed by atoms with Gasteiger partial charge in [-0.3, -0.25) is 0 Å². The summed E-state index contributed by atoms with van der Waals surface area (Å²) in [6.45, 7) is 4.12. The summed E-state index contributed by atoms with van der Waals surface area (Å²) in [7, 11) is 0. The number of halogens is 1. The van der Waals surface area contributed by atoms with Gasteiger partial charge in [0.1, 0.15) is 5.82 Å². The summed E-state index contributed by atoms with van der Waals surface area (Å²) in [5, 5.41) is 0. The molecule has 3 saturated carbocycles. The molecule has 1 aromatic rings. The summed E-state index contributed by atoms with van der Waals surface area (Å²) >= 11 is 0. The van der Waals surface area contributed by atoms with Crippen LogP contribution >= 0.6 is 0 Å². The van der Waals surface area contributed by atoms with Crippen LogP contribution < -0.4 is 0 Å². The van der Waals surface area contributed by atoms with Gasteiger partial charge in [-0.15, -0.1) is 0 Å². The Morgan fingerprint density at radius 2 is 1.52 bits per heavy atom. The molecule has 0 amide bonds. The van der Waals surface area contributed by atoms with Gasteiger partial charge in [0, 0.05) is 0 Å². The van der Waals surface area contributed by atoms with Gasteiger partial charge in [0.15, 0.2) is 0 Å². The normalized spacial score (nSPS) is 35.6. The highest BCUT2D eigenvalue weighted by molar-refractivity contribution is 5.27. The number of hydrogen-bond acceptors (Lipinski definition) is 0. The molecule has 29 heavy (non-hydrogen) atoms. The second-order valence-corrected chi connectivity index (χ2v) is 10.6. The minimum atomic E-state index is 0.0355. The van der Waals surface area contributed by atoms with Gasteiger partial charge in [0.25, 0.3) is 0 Å². The van der Waals surface area contributed by atoms with Gasteiger partial charge >= 0.3 is 0 Å². The van der Waals surface area contributed by atoms with Gasteiger partial charge in [0.2, 0.25) is 0 Å². The lowest BCUT2D eigenvalue weighted by molar-refractivity contribution is 0.0709. The Morgan fingerprint density at radius 1 is 0.862 bits per heavy atom. The molecule has 3 aliphatic carbocycles. The van der Waals surface area contributed by atoms with E-state index in [1.165, 1.54) is 77.0 Å². The zero-order chi connectivity index (χ0) is 20.2. The van der Waals surface area contributed by atoms with E-state index in [1.54, 1.807) is 6.07 Å². The van der Waals surface area contributed by atoms with Crippen molar-refractivity contribution in [3.63, 3.8) is 0 Å². The lowest BCUT2D eigenvalue weighted by Gasteiger charge is -2.45. The molecule has 3 aliphatic rings. The van der Waals surface area contributed by atoms with Gasteiger partial charge in [-0.2, -0.15) is 0 Å². The van der Waals surface area contributed by atoms with Crippen LogP contribution in [0.15, 0.2) is 30.4 Å².